The maximum absolute atomic E-state index is 12.5. The smallest absolute Gasteiger partial charge is 0.409 e. The Morgan fingerprint density at radius 1 is 1.23 bits per heavy atom. The van der Waals surface area contributed by atoms with Crippen LogP contribution in [0.25, 0.3) is 10.6 Å². The maximum atomic E-state index is 12.5. The number of carbonyl (C=O) groups is 2. The molecule has 1 aromatic carbocycles. The van der Waals surface area contributed by atoms with Crippen LogP contribution >= 0.6 is 27.3 Å². The summed E-state index contributed by atoms with van der Waals surface area (Å²) < 4.78 is 6.00. The summed E-state index contributed by atoms with van der Waals surface area (Å²) in [5.74, 6) is 0.0413. The lowest BCUT2D eigenvalue weighted by molar-refractivity contribution is -0.132. The Bertz CT molecular complexity index is 787. The number of carbonyl (C=O) groups excluding carboxylic acids is 2. The fraction of sp³-hybridized carbons (Fsp3) is 0.389. The van der Waals surface area contributed by atoms with Gasteiger partial charge in [0.2, 0.25) is 5.91 Å². The number of aromatic nitrogens is 1. The molecule has 1 aliphatic heterocycles. The Morgan fingerprint density at radius 3 is 2.65 bits per heavy atom. The topological polar surface area (TPSA) is 62.7 Å². The Morgan fingerprint density at radius 2 is 1.96 bits per heavy atom. The fourth-order valence-corrected chi connectivity index (χ4v) is 3.98. The van der Waals surface area contributed by atoms with Crippen LogP contribution in [0.4, 0.5) is 4.79 Å². The minimum absolute atomic E-state index is 0.0413. The highest BCUT2D eigenvalue weighted by Crippen LogP contribution is 2.26. The molecule has 1 fully saturated rings. The van der Waals surface area contributed by atoms with Crippen molar-refractivity contribution in [2.75, 3.05) is 32.8 Å². The van der Waals surface area contributed by atoms with E-state index in [0.29, 0.717) is 32.8 Å². The van der Waals surface area contributed by atoms with Gasteiger partial charge in [-0.3, -0.25) is 4.79 Å². The van der Waals surface area contributed by atoms with E-state index in [0.717, 1.165) is 20.7 Å². The van der Waals surface area contributed by atoms with Crippen molar-refractivity contribution in [1.82, 2.24) is 14.8 Å². The summed E-state index contributed by atoms with van der Waals surface area (Å²) in [5.41, 5.74) is 1.81. The first-order chi connectivity index (χ1) is 12.6. The molecule has 0 bridgehead atoms. The van der Waals surface area contributed by atoms with Gasteiger partial charge in [-0.25, -0.2) is 9.78 Å². The molecule has 3 rings (SSSR count). The maximum Gasteiger partial charge on any atom is 0.409 e. The van der Waals surface area contributed by atoms with Gasteiger partial charge in [-0.05, 0) is 19.1 Å². The van der Waals surface area contributed by atoms with Crippen LogP contribution < -0.4 is 0 Å². The van der Waals surface area contributed by atoms with Crippen molar-refractivity contribution in [3.8, 4) is 10.6 Å². The van der Waals surface area contributed by atoms with Crippen molar-refractivity contribution in [1.29, 1.82) is 0 Å². The molecule has 0 radical (unpaired) electrons. The number of nitrogens with zero attached hydrogens (tertiary/aromatic N) is 3. The number of rotatable bonds is 4. The average molecular weight is 438 g/mol. The fourth-order valence-electron chi connectivity index (χ4n) is 2.76. The molecule has 2 aromatic rings. The van der Waals surface area contributed by atoms with E-state index in [1.165, 1.54) is 11.3 Å². The third-order valence-corrected chi connectivity index (χ3v) is 5.55. The molecule has 0 aliphatic carbocycles. The van der Waals surface area contributed by atoms with E-state index in [9.17, 15) is 9.59 Å². The van der Waals surface area contributed by atoms with Crippen molar-refractivity contribution in [2.45, 2.75) is 13.3 Å². The molecule has 0 saturated carbocycles. The predicted octanol–water partition coefficient (Wildman–Crippen LogP) is 3.42. The highest BCUT2D eigenvalue weighted by Gasteiger charge is 2.25. The van der Waals surface area contributed by atoms with Gasteiger partial charge in [-0.2, -0.15) is 0 Å². The van der Waals surface area contributed by atoms with Gasteiger partial charge in [0.15, 0.2) is 0 Å². The number of hydrogen-bond donors (Lipinski definition) is 0. The number of hydrogen-bond acceptors (Lipinski definition) is 5. The molecule has 6 nitrogen and oxygen atoms in total. The van der Waals surface area contributed by atoms with E-state index in [1.807, 2.05) is 29.6 Å². The number of benzene rings is 1. The standard InChI is InChI=1S/C18H20BrN3O3S/c1-2-25-18(24)22-8-6-21(7-9-22)16(23)11-15-12-26-17(20-15)13-4-3-5-14(19)10-13/h3-5,10,12H,2,6-9,11H2,1H3. The Balaban J connectivity index is 1.55. The first-order valence-corrected chi connectivity index (χ1v) is 10.1. The zero-order chi connectivity index (χ0) is 18.5. The largest absolute Gasteiger partial charge is 0.450 e. The van der Waals surface area contributed by atoms with Crippen molar-refractivity contribution in [3.63, 3.8) is 0 Å². The molecule has 138 valence electrons. The summed E-state index contributed by atoms with van der Waals surface area (Å²) in [5, 5.41) is 2.84. The molecule has 1 aliphatic rings. The van der Waals surface area contributed by atoms with E-state index >= 15 is 0 Å². The van der Waals surface area contributed by atoms with E-state index in [1.54, 1.807) is 16.7 Å². The molecule has 2 amide bonds. The molecule has 0 N–H and O–H groups in total. The van der Waals surface area contributed by atoms with Crippen molar-refractivity contribution >= 4 is 39.3 Å². The van der Waals surface area contributed by atoms with Gasteiger partial charge >= 0.3 is 6.09 Å². The molecule has 0 spiro atoms. The number of amides is 2. The van der Waals surface area contributed by atoms with Crippen LogP contribution in [0.3, 0.4) is 0 Å². The van der Waals surface area contributed by atoms with Gasteiger partial charge in [0.05, 0.1) is 18.7 Å². The Kier molecular flexibility index (Phi) is 6.26. The average Bonchev–Trinajstić information content (AvgIpc) is 3.10. The Hall–Kier alpha value is -1.93. The van der Waals surface area contributed by atoms with Gasteiger partial charge in [-0.1, -0.05) is 28.1 Å². The Labute approximate surface area is 164 Å². The monoisotopic (exact) mass is 437 g/mol. The second kappa shape index (κ2) is 8.64. The summed E-state index contributed by atoms with van der Waals surface area (Å²) in [6.07, 6.45) is -0.0260. The third-order valence-electron chi connectivity index (χ3n) is 4.11. The first kappa shape index (κ1) is 18.8. The number of ether oxygens (including phenoxy) is 1. The summed E-state index contributed by atoms with van der Waals surface area (Å²) in [6.45, 7) is 4.21. The molecular weight excluding hydrogens is 418 g/mol. The zero-order valence-corrected chi connectivity index (χ0v) is 16.9. The molecule has 1 aromatic heterocycles. The highest BCUT2D eigenvalue weighted by molar-refractivity contribution is 9.10. The quantitative estimate of drug-likeness (QED) is 0.734. The van der Waals surface area contributed by atoms with Crippen molar-refractivity contribution in [2.24, 2.45) is 0 Å². The van der Waals surface area contributed by atoms with Crippen LogP contribution in [0.5, 0.6) is 0 Å². The molecule has 1 saturated heterocycles. The van der Waals surface area contributed by atoms with E-state index in [-0.39, 0.29) is 18.4 Å². The SMILES string of the molecule is CCOC(=O)N1CCN(C(=O)Cc2csc(-c3cccc(Br)c3)n2)CC1. The zero-order valence-electron chi connectivity index (χ0n) is 14.5. The summed E-state index contributed by atoms with van der Waals surface area (Å²) in [4.78, 5) is 32.2. The van der Waals surface area contributed by atoms with Crippen molar-refractivity contribution < 1.29 is 14.3 Å². The van der Waals surface area contributed by atoms with Crippen LogP contribution in [0.15, 0.2) is 34.1 Å². The lowest BCUT2D eigenvalue weighted by Crippen LogP contribution is -2.51. The number of piperazine rings is 1. The minimum Gasteiger partial charge on any atom is -0.450 e. The highest BCUT2D eigenvalue weighted by atomic mass is 79.9. The minimum atomic E-state index is -0.308. The van der Waals surface area contributed by atoms with Gasteiger partial charge < -0.3 is 14.5 Å². The normalized spacial score (nSPS) is 14.4. The van der Waals surface area contributed by atoms with Crippen LogP contribution in [-0.2, 0) is 16.0 Å². The van der Waals surface area contributed by atoms with Gasteiger partial charge in [0.25, 0.3) is 0 Å². The molecule has 2 heterocycles. The number of halogens is 1. The lowest BCUT2D eigenvalue weighted by Gasteiger charge is -2.34. The van der Waals surface area contributed by atoms with Crippen LogP contribution in [0.1, 0.15) is 12.6 Å². The summed E-state index contributed by atoms with van der Waals surface area (Å²) in [7, 11) is 0. The predicted molar refractivity (Wildman–Crippen MR) is 104 cm³/mol. The van der Waals surface area contributed by atoms with Crippen LogP contribution in [0, 0.1) is 0 Å². The molecular formula is C18H20BrN3O3S. The second-order valence-electron chi connectivity index (χ2n) is 5.90. The van der Waals surface area contributed by atoms with E-state index < -0.39 is 0 Å². The second-order valence-corrected chi connectivity index (χ2v) is 7.67. The van der Waals surface area contributed by atoms with E-state index in [2.05, 4.69) is 20.9 Å². The third kappa shape index (κ3) is 4.62. The van der Waals surface area contributed by atoms with Gasteiger partial charge in [-0.15, -0.1) is 11.3 Å². The molecule has 26 heavy (non-hydrogen) atoms. The van der Waals surface area contributed by atoms with Gasteiger partial charge in [0.1, 0.15) is 5.01 Å². The first-order valence-electron chi connectivity index (χ1n) is 8.46. The summed E-state index contributed by atoms with van der Waals surface area (Å²) >= 11 is 5.00. The van der Waals surface area contributed by atoms with Crippen molar-refractivity contribution in [3.05, 3.63) is 39.8 Å². The lowest BCUT2D eigenvalue weighted by atomic mass is 10.2. The molecule has 0 atom stereocenters. The summed E-state index contributed by atoms with van der Waals surface area (Å²) in [6, 6.07) is 7.95. The van der Waals surface area contributed by atoms with Crippen LogP contribution in [0.2, 0.25) is 0 Å². The molecule has 0 unspecified atom stereocenters. The number of thiazole rings is 1. The van der Waals surface area contributed by atoms with Crippen LogP contribution in [-0.4, -0.2) is 59.6 Å². The molecule has 8 heteroatoms. The van der Waals surface area contributed by atoms with E-state index in [4.69, 9.17) is 4.74 Å². The van der Waals surface area contributed by atoms with Gasteiger partial charge in [0, 0.05) is 41.6 Å².